The summed E-state index contributed by atoms with van der Waals surface area (Å²) in [6, 6.07) is 14.8. The molecule has 0 heterocycles. The Morgan fingerprint density at radius 2 is 1.74 bits per heavy atom. The Morgan fingerprint density at radius 1 is 1.09 bits per heavy atom. The van der Waals surface area contributed by atoms with Crippen LogP contribution in [0.25, 0.3) is 6.08 Å². The van der Waals surface area contributed by atoms with E-state index in [9.17, 15) is 4.79 Å². The number of ketones is 1. The van der Waals surface area contributed by atoms with Gasteiger partial charge < -0.3 is 10.5 Å². The van der Waals surface area contributed by atoms with E-state index in [1.165, 1.54) is 0 Å². The van der Waals surface area contributed by atoms with E-state index >= 15 is 0 Å². The van der Waals surface area contributed by atoms with E-state index in [2.05, 4.69) is 6.92 Å². The number of allylic oxidation sites excluding steroid dienone is 1. The number of benzene rings is 2. The third kappa shape index (κ3) is 4.99. The number of nitrogen functional groups attached to an aromatic ring is 1. The zero-order chi connectivity index (χ0) is 16.7. The SMILES string of the molecule is CCCCOc1ccc(C=C(C)C(=O)c2ccc(N)cc2)cc1. The summed E-state index contributed by atoms with van der Waals surface area (Å²) in [4.78, 5) is 12.4. The van der Waals surface area contributed by atoms with Gasteiger partial charge in [0.1, 0.15) is 5.75 Å². The van der Waals surface area contributed by atoms with Gasteiger partial charge in [0.05, 0.1) is 6.61 Å². The maximum absolute atomic E-state index is 12.4. The first-order valence-electron chi connectivity index (χ1n) is 7.91. The van der Waals surface area contributed by atoms with Crippen molar-refractivity contribution < 1.29 is 9.53 Å². The predicted molar refractivity (Wildman–Crippen MR) is 95.7 cm³/mol. The highest BCUT2D eigenvalue weighted by atomic mass is 16.5. The lowest BCUT2D eigenvalue weighted by Gasteiger charge is -2.06. The fourth-order valence-electron chi connectivity index (χ4n) is 2.17. The number of nitrogens with two attached hydrogens (primary N) is 1. The van der Waals surface area contributed by atoms with E-state index in [-0.39, 0.29) is 5.78 Å². The van der Waals surface area contributed by atoms with Crippen molar-refractivity contribution in [2.75, 3.05) is 12.3 Å². The van der Waals surface area contributed by atoms with Crippen molar-refractivity contribution in [2.24, 2.45) is 0 Å². The zero-order valence-corrected chi connectivity index (χ0v) is 13.7. The average Bonchev–Trinajstić information content (AvgIpc) is 2.56. The third-order valence-corrected chi connectivity index (χ3v) is 3.56. The molecule has 2 N–H and O–H groups in total. The van der Waals surface area contributed by atoms with Crippen molar-refractivity contribution in [2.45, 2.75) is 26.7 Å². The second-order valence-electron chi connectivity index (χ2n) is 5.55. The molecule has 0 aliphatic carbocycles. The molecule has 0 unspecified atom stereocenters. The summed E-state index contributed by atoms with van der Waals surface area (Å²) in [5.41, 5.74) is 8.62. The number of rotatable bonds is 7. The monoisotopic (exact) mass is 309 g/mol. The average molecular weight is 309 g/mol. The number of Topliss-reactive ketones (excluding diaryl/α,β-unsaturated/α-hetero) is 1. The molecule has 23 heavy (non-hydrogen) atoms. The van der Waals surface area contributed by atoms with Crippen LogP contribution in [0.15, 0.2) is 54.1 Å². The first kappa shape index (κ1) is 16.8. The van der Waals surface area contributed by atoms with Crippen LogP contribution in [0.5, 0.6) is 5.75 Å². The largest absolute Gasteiger partial charge is 0.494 e. The normalized spacial score (nSPS) is 11.3. The Bertz CT molecular complexity index is 670. The van der Waals surface area contributed by atoms with Crippen molar-refractivity contribution in [3.63, 3.8) is 0 Å². The van der Waals surface area contributed by atoms with Gasteiger partial charge >= 0.3 is 0 Å². The summed E-state index contributed by atoms with van der Waals surface area (Å²) < 4.78 is 5.63. The number of anilines is 1. The van der Waals surface area contributed by atoms with Crippen LogP contribution in [-0.4, -0.2) is 12.4 Å². The number of carbonyl (C=O) groups is 1. The van der Waals surface area contributed by atoms with E-state index in [0.29, 0.717) is 16.8 Å². The first-order valence-corrected chi connectivity index (χ1v) is 7.91. The zero-order valence-electron chi connectivity index (χ0n) is 13.7. The van der Waals surface area contributed by atoms with Gasteiger partial charge in [-0.1, -0.05) is 25.5 Å². The van der Waals surface area contributed by atoms with Crippen LogP contribution in [0, 0.1) is 0 Å². The van der Waals surface area contributed by atoms with Crippen LogP contribution in [-0.2, 0) is 0 Å². The lowest BCUT2D eigenvalue weighted by Crippen LogP contribution is -2.01. The number of hydrogen-bond acceptors (Lipinski definition) is 3. The Kier molecular flexibility index (Phi) is 5.98. The minimum atomic E-state index is 0.00766. The number of unbranched alkanes of at least 4 members (excludes halogenated alkanes) is 1. The summed E-state index contributed by atoms with van der Waals surface area (Å²) in [7, 11) is 0. The van der Waals surface area contributed by atoms with Gasteiger partial charge in [0.2, 0.25) is 0 Å². The minimum absolute atomic E-state index is 0.00766. The highest BCUT2D eigenvalue weighted by Crippen LogP contribution is 2.17. The van der Waals surface area contributed by atoms with Crippen LogP contribution >= 0.6 is 0 Å². The fourth-order valence-corrected chi connectivity index (χ4v) is 2.17. The molecule has 2 aromatic rings. The molecule has 0 saturated carbocycles. The van der Waals surface area contributed by atoms with E-state index in [1.54, 1.807) is 24.3 Å². The molecule has 0 aliphatic rings. The molecule has 0 spiro atoms. The maximum atomic E-state index is 12.4. The van der Waals surface area contributed by atoms with Crippen molar-refractivity contribution in [3.05, 3.63) is 65.2 Å². The molecular weight excluding hydrogens is 286 g/mol. The van der Waals surface area contributed by atoms with Gasteiger partial charge in [-0.2, -0.15) is 0 Å². The summed E-state index contributed by atoms with van der Waals surface area (Å²) >= 11 is 0. The predicted octanol–water partition coefficient (Wildman–Crippen LogP) is 4.73. The molecule has 120 valence electrons. The fraction of sp³-hybridized carbons (Fsp3) is 0.250. The standard InChI is InChI=1S/C20H23NO2/c1-3-4-13-23-19-11-5-16(6-12-19)14-15(2)20(22)17-7-9-18(21)10-8-17/h5-12,14H,3-4,13,21H2,1-2H3. The van der Waals surface area contributed by atoms with E-state index < -0.39 is 0 Å². The van der Waals surface area contributed by atoms with Gasteiger partial charge in [-0.25, -0.2) is 0 Å². The van der Waals surface area contributed by atoms with Gasteiger partial charge in [-0.05, 0) is 67.0 Å². The maximum Gasteiger partial charge on any atom is 0.188 e. The molecule has 0 atom stereocenters. The van der Waals surface area contributed by atoms with E-state index in [0.717, 1.165) is 30.8 Å². The minimum Gasteiger partial charge on any atom is -0.494 e. The topological polar surface area (TPSA) is 52.3 Å². The quantitative estimate of drug-likeness (QED) is 0.348. The highest BCUT2D eigenvalue weighted by molar-refractivity contribution is 6.11. The summed E-state index contributed by atoms with van der Waals surface area (Å²) in [6.45, 7) is 4.70. The van der Waals surface area contributed by atoms with Crippen molar-refractivity contribution in [3.8, 4) is 5.75 Å². The molecule has 3 heteroatoms. The Hall–Kier alpha value is -2.55. The van der Waals surface area contributed by atoms with E-state index in [1.807, 2.05) is 37.3 Å². The summed E-state index contributed by atoms with van der Waals surface area (Å²) in [5, 5.41) is 0. The molecular formula is C20H23NO2. The van der Waals surface area contributed by atoms with Gasteiger partial charge in [0, 0.05) is 11.3 Å². The van der Waals surface area contributed by atoms with Gasteiger partial charge in [0.15, 0.2) is 5.78 Å². The molecule has 0 saturated heterocycles. The second-order valence-corrected chi connectivity index (χ2v) is 5.55. The molecule has 0 radical (unpaired) electrons. The molecule has 3 nitrogen and oxygen atoms in total. The Morgan fingerprint density at radius 3 is 2.35 bits per heavy atom. The van der Waals surface area contributed by atoms with Gasteiger partial charge in [-0.3, -0.25) is 4.79 Å². The molecule has 0 fully saturated rings. The number of carbonyl (C=O) groups excluding carboxylic acids is 1. The summed E-state index contributed by atoms with van der Waals surface area (Å²) in [5.74, 6) is 0.867. The third-order valence-electron chi connectivity index (χ3n) is 3.56. The molecule has 0 aliphatic heterocycles. The molecule has 0 amide bonds. The molecule has 2 rings (SSSR count). The first-order chi connectivity index (χ1) is 11.1. The van der Waals surface area contributed by atoms with Crippen molar-refractivity contribution in [1.29, 1.82) is 0 Å². The van der Waals surface area contributed by atoms with Crippen LogP contribution in [0.1, 0.15) is 42.6 Å². The molecule has 0 bridgehead atoms. The Labute approximate surface area is 137 Å². The van der Waals surface area contributed by atoms with Crippen LogP contribution in [0.4, 0.5) is 5.69 Å². The number of ether oxygens (including phenoxy) is 1. The van der Waals surface area contributed by atoms with E-state index in [4.69, 9.17) is 10.5 Å². The van der Waals surface area contributed by atoms with Crippen LogP contribution in [0.2, 0.25) is 0 Å². The summed E-state index contributed by atoms with van der Waals surface area (Å²) in [6.07, 6.45) is 4.05. The molecule has 0 aromatic heterocycles. The number of hydrogen-bond donors (Lipinski definition) is 1. The van der Waals surface area contributed by atoms with Crippen molar-refractivity contribution >= 4 is 17.5 Å². The lowest BCUT2D eigenvalue weighted by atomic mass is 10.0. The van der Waals surface area contributed by atoms with Crippen LogP contribution < -0.4 is 10.5 Å². The van der Waals surface area contributed by atoms with Gasteiger partial charge in [-0.15, -0.1) is 0 Å². The van der Waals surface area contributed by atoms with Gasteiger partial charge in [0.25, 0.3) is 0 Å². The van der Waals surface area contributed by atoms with Crippen molar-refractivity contribution in [1.82, 2.24) is 0 Å². The Balaban J connectivity index is 2.05. The lowest BCUT2D eigenvalue weighted by molar-refractivity contribution is 0.103. The molecule has 2 aromatic carbocycles. The smallest absolute Gasteiger partial charge is 0.188 e. The second kappa shape index (κ2) is 8.18. The van der Waals surface area contributed by atoms with Crippen LogP contribution in [0.3, 0.4) is 0 Å². The highest BCUT2D eigenvalue weighted by Gasteiger charge is 2.07.